The van der Waals surface area contributed by atoms with Crippen LogP contribution in [0.3, 0.4) is 0 Å². The molecule has 2 aromatic rings. The van der Waals surface area contributed by atoms with Gasteiger partial charge in [0.2, 0.25) is 0 Å². The molecule has 1 aliphatic heterocycles. The van der Waals surface area contributed by atoms with Crippen molar-refractivity contribution in [2.45, 2.75) is 6.61 Å². The van der Waals surface area contributed by atoms with Crippen LogP contribution in [-0.4, -0.2) is 54.8 Å². The first-order valence-electron chi connectivity index (χ1n) is 9.29. The zero-order valence-corrected chi connectivity index (χ0v) is 17.7. The zero-order chi connectivity index (χ0) is 21.3. The first kappa shape index (κ1) is 21.9. The molecule has 1 saturated heterocycles. The molecule has 1 fully saturated rings. The van der Waals surface area contributed by atoms with Gasteiger partial charge in [-0.05, 0) is 57.4 Å². The number of hydrogen-bond acceptors (Lipinski definition) is 7. The molecule has 2 aromatic carbocycles. The molecule has 1 N–H and O–H groups in total. The van der Waals surface area contributed by atoms with Crippen LogP contribution in [0.25, 0.3) is 0 Å². The predicted molar refractivity (Wildman–Crippen MR) is 115 cm³/mol. The quantitative estimate of drug-likeness (QED) is 0.356. The number of morpholine rings is 1. The summed E-state index contributed by atoms with van der Waals surface area (Å²) in [5.41, 5.74) is 4.18. The Morgan fingerprint density at radius 2 is 2.00 bits per heavy atom. The van der Waals surface area contributed by atoms with Crippen molar-refractivity contribution in [2.75, 3.05) is 32.8 Å². The van der Waals surface area contributed by atoms with E-state index in [0.717, 1.165) is 28.7 Å². The maximum Gasteiger partial charge on any atom is 0.269 e. The van der Waals surface area contributed by atoms with Crippen molar-refractivity contribution in [2.24, 2.45) is 5.10 Å². The molecule has 158 valence electrons. The summed E-state index contributed by atoms with van der Waals surface area (Å²) in [7, 11) is 0. The van der Waals surface area contributed by atoms with E-state index in [1.165, 1.54) is 12.1 Å². The molecule has 0 bridgehead atoms. The maximum atomic E-state index is 11.9. The number of carbonyl (C=O) groups excluding carboxylic acids is 1. The van der Waals surface area contributed by atoms with Gasteiger partial charge in [-0.15, -0.1) is 0 Å². The topological polar surface area (TPSA) is 106 Å². The van der Waals surface area contributed by atoms with Crippen molar-refractivity contribution < 1.29 is 19.2 Å². The first-order valence-corrected chi connectivity index (χ1v) is 10.1. The summed E-state index contributed by atoms with van der Waals surface area (Å²) in [6, 6.07) is 11.6. The highest BCUT2D eigenvalue weighted by atomic mass is 79.9. The van der Waals surface area contributed by atoms with E-state index in [9.17, 15) is 14.9 Å². The number of hydrogen-bond donors (Lipinski definition) is 1. The van der Waals surface area contributed by atoms with Crippen LogP contribution in [0, 0.1) is 10.1 Å². The maximum absolute atomic E-state index is 11.9. The van der Waals surface area contributed by atoms with Gasteiger partial charge in [-0.2, -0.15) is 5.10 Å². The van der Waals surface area contributed by atoms with Gasteiger partial charge in [0.25, 0.3) is 11.6 Å². The number of nitrogens with zero attached hydrogens (tertiary/aromatic N) is 3. The predicted octanol–water partition coefficient (Wildman–Crippen LogP) is 2.72. The number of benzene rings is 2. The summed E-state index contributed by atoms with van der Waals surface area (Å²) in [5.74, 6) is 0.456. The molecule has 0 radical (unpaired) electrons. The highest BCUT2D eigenvalue weighted by Crippen LogP contribution is 2.26. The average molecular weight is 477 g/mol. The molecular weight excluding hydrogens is 456 g/mol. The molecule has 3 rings (SSSR count). The van der Waals surface area contributed by atoms with Crippen molar-refractivity contribution in [3.05, 3.63) is 68.2 Å². The number of carbonyl (C=O) groups is 1. The lowest BCUT2D eigenvalue weighted by Crippen LogP contribution is -2.42. The lowest BCUT2D eigenvalue weighted by molar-refractivity contribution is -0.384. The molecule has 1 heterocycles. The van der Waals surface area contributed by atoms with E-state index in [4.69, 9.17) is 9.47 Å². The Labute approximate surface area is 181 Å². The van der Waals surface area contributed by atoms with Crippen LogP contribution in [0.2, 0.25) is 0 Å². The molecule has 10 heteroatoms. The summed E-state index contributed by atoms with van der Waals surface area (Å²) >= 11 is 3.46. The Bertz CT molecular complexity index is 914. The standard InChI is InChI=1S/C20H21BrN4O5/c21-18-11-16(12-22-23-20(26)13-24-7-9-29-10-8-24)3-6-19(18)30-14-15-1-4-17(5-2-15)25(27)28/h1-6,11-12H,7-10,13-14H2,(H,23,26)/b22-12+. The molecule has 0 unspecified atom stereocenters. The molecule has 0 aromatic heterocycles. The van der Waals surface area contributed by atoms with Gasteiger partial charge in [0.15, 0.2) is 0 Å². The second-order valence-electron chi connectivity index (χ2n) is 6.58. The van der Waals surface area contributed by atoms with Gasteiger partial charge < -0.3 is 9.47 Å². The number of ether oxygens (including phenoxy) is 2. The highest BCUT2D eigenvalue weighted by molar-refractivity contribution is 9.10. The van der Waals surface area contributed by atoms with E-state index >= 15 is 0 Å². The molecule has 30 heavy (non-hydrogen) atoms. The van der Waals surface area contributed by atoms with Crippen LogP contribution < -0.4 is 10.2 Å². The third-order valence-corrected chi connectivity index (χ3v) is 4.99. The Hall–Kier alpha value is -2.82. The van der Waals surface area contributed by atoms with Crippen LogP contribution in [0.1, 0.15) is 11.1 Å². The van der Waals surface area contributed by atoms with Crippen molar-refractivity contribution in [3.63, 3.8) is 0 Å². The van der Waals surface area contributed by atoms with E-state index in [2.05, 4.69) is 26.5 Å². The Kier molecular flexibility index (Phi) is 7.89. The number of nitro benzene ring substituents is 1. The van der Waals surface area contributed by atoms with E-state index in [0.29, 0.717) is 25.5 Å². The summed E-state index contributed by atoms with van der Waals surface area (Å²) in [4.78, 5) is 24.2. The summed E-state index contributed by atoms with van der Waals surface area (Å²) in [6.07, 6.45) is 1.56. The Morgan fingerprint density at radius 1 is 1.27 bits per heavy atom. The molecule has 0 atom stereocenters. The highest BCUT2D eigenvalue weighted by Gasteiger charge is 2.13. The fourth-order valence-electron chi connectivity index (χ4n) is 2.77. The number of non-ortho nitro benzene ring substituents is 1. The number of nitrogens with one attached hydrogen (secondary N) is 1. The second kappa shape index (κ2) is 10.8. The van der Waals surface area contributed by atoms with Crippen molar-refractivity contribution in [1.82, 2.24) is 10.3 Å². The molecular formula is C20H21BrN4O5. The Morgan fingerprint density at radius 3 is 2.67 bits per heavy atom. The second-order valence-corrected chi connectivity index (χ2v) is 7.44. The van der Waals surface area contributed by atoms with E-state index in [1.54, 1.807) is 24.4 Å². The fourth-order valence-corrected chi connectivity index (χ4v) is 3.28. The SMILES string of the molecule is O=C(CN1CCOCC1)N/N=C/c1ccc(OCc2ccc([N+](=O)[O-])cc2)c(Br)c1. The summed E-state index contributed by atoms with van der Waals surface area (Å²) in [5, 5.41) is 14.7. The summed E-state index contributed by atoms with van der Waals surface area (Å²) < 4.78 is 11.7. The summed E-state index contributed by atoms with van der Waals surface area (Å²) in [6.45, 7) is 3.34. The van der Waals surface area contributed by atoms with Crippen molar-refractivity contribution in [3.8, 4) is 5.75 Å². The van der Waals surface area contributed by atoms with Gasteiger partial charge >= 0.3 is 0 Å². The van der Waals surface area contributed by atoms with Gasteiger partial charge in [0, 0.05) is 25.2 Å². The number of halogens is 1. The van der Waals surface area contributed by atoms with Gasteiger partial charge in [-0.3, -0.25) is 19.8 Å². The average Bonchev–Trinajstić information content (AvgIpc) is 2.74. The zero-order valence-electron chi connectivity index (χ0n) is 16.1. The minimum absolute atomic E-state index is 0.0422. The normalized spacial score (nSPS) is 14.6. The van der Waals surface area contributed by atoms with Gasteiger partial charge in [0.05, 0.1) is 35.4 Å². The van der Waals surface area contributed by atoms with Crippen LogP contribution in [0.15, 0.2) is 52.0 Å². The Balaban J connectivity index is 1.48. The van der Waals surface area contributed by atoms with Crippen LogP contribution in [0.5, 0.6) is 5.75 Å². The molecule has 9 nitrogen and oxygen atoms in total. The monoisotopic (exact) mass is 476 g/mol. The number of nitro groups is 1. The van der Waals surface area contributed by atoms with Gasteiger partial charge in [0.1, 0.15) is 12.4 Å². The van der Waals surface area contributed by atoms with E-state index in [1.807, 2.05) is 17.0 Å². The van der Waals surface area contributed by atoms with Crippen LogP contribution in [0.4, 0.5) is 5.69 Å². The van der Waals surface area contributed by atoms with E-state index in [-0.39, 0.29) is 18.2 Å². The molecule has 0 spiro atoms. The van der Waals surface area contributed by atoms with Crippen molar-refractivity contribution in [1.29, 1.82) is 0 Å². The van der Waals surface area contributed by atoms with Gasteiger partial charge in [-0.1, -0.05) is 0 Å². The minimum atomic E-state index is -0.438. The van der Waals surface area contributed by atoms with Crippen LogP contribution >= 0.6 is 15.9 Å². The minimum Gasteiger partial charge on any atom is -0.488 e. The van der Waals surface area contributed by atoms with Gasteiger partial charge in [-0.25, -0.2) is 5.43 Å². The largest absolute Gasteiger partial charge is 0.488 e. The lowest BCUT2D eigenvalue weighted by Gasteiger charge is -2.25. The van der Waals surface area contributed by atoms with Crippen molar-refractivity contribution >= 4 is 33.7 Å². The smallest absolute Gasteiger partial charge is 0.269 e. The molecule has 0 saturated carbocycles. The third kappa shape index (κ3) is 6.61. The first-order chi connectivity index (χ1) is 14.5. The molecule has 1 aliphatic rings. The number of hydrazone groups is 1. The van der Waals surface area contributed by atoms with Crippen LogP contribution in [-0.2, 0) is 16.1 Å². The fraction of sp³-hybridized carbons (Fsp3) is 0.300. The number of amides is 1. The number of rotatable bonds is 8. The van der Waals surface area contributed by atoms with E-state index < -0.39 is 4.92 Å². The third-order valence-electron chi connectivity index (χ3n) is 4.37. The molecule has 0 aliphatic carbocycles. The molecule has 1 amide bonds. The lowest BCUT2D eigenvalue weighted by atomic mass is 10.2.